The maximum atomic E-state index is 9.66. The van der Waals surface area contributed by atoms with Crippen LogP contribution in [0.25, 0.3) is 0 Å². The second-order valence-electron chi connectivity index (χ2n) is 3.27. The second-order valence-corrected chi connectivity index (χ2v) is 4.33. The molecule has 0 aromatic heterocycles. The van der Waals surface area contributed by atoms with Gasteiger partial charge in [0.15, 0.2) is 0 Å². The van der Waals surface area contributed by atoms with Crippen molar-refractivity contribution in [2.24, 2.45) is 0 Å². The van der Waals surface area contributed by atoms with E-state index in [9.17, 15) is 5.11 Å². The van der Waals surface area contributed by atoms with Crippen molar-refractivity contribution in [2.45, 2.75) is 23.8 Å². The van der Waals surface area contributed by atoms with Crippen molar-refractivity contribution in [3.8, 4) is 0 Å². The van der Waals surface area contributed by atoms with Gasteiger partial charge in [0, 0.05) is 0 Å². The number of alkyl halides is 1. The number of benzene rings is 1. The molecule has 14 heavy (non-hydrogen) atoms. The van der Waals surface area contributed by atoms with Gasteiger partial charge >= 0.3 is 0 Å². The van der Waals surface area contributed by atoms with Gasteiger partial charge in [-0.15, -0.1) is 6.58 Å². The standard InChI is InChI=1S/C12H15BrO/c1-2-11(13)12(14)9-8-10-6-4-3-5-7-10/h2-7,11-12,14H,1,8-9H2/t11-,12-/m0/s1. The van der Waals surface area contributed by atoms with Crippen molar-refractivity contribution in [3.63, 3.8) is 0 Å². The maximum absolute atomic E-state index is 9.66. The highest BCUT2D eigenvalue weighted by atomic mass is 79.9. The number of rotatable bonds is 5. The Balaban J connectivity index is 2.37. The van der Waals surface area contributed by atoms with E-state index in [1.807, 2.05) is 18.2 Å². The molecule has 0 fully saturated rings. The van der Waals surface area contributed by atoms with E-state index in [0.29, 0.717) is 0 Å². The highest BCUT2D eigenvalue weighted by molar-refractivity contribution is 9.09. The van der Waals surface area contributed by atoms with Crippen molar-refractivity contribution in [1.82, 2.24) is 0 Å². The first-order valence-electron chi connectivity index (χ1n) is 4.72. The van der Waals surface area contributed by atoms with Crippen LogP contribution in [0.5, 0.6) is 0 Å². The highest BCUT2D eigenvalue weighted by Gasteiger charge is 2.11. The molecule has 1 aromatic carbocycles. The van der Waals surface area contributed by atoms with E-state index in [1.165, 1.54) is 5.56 Å². The summed E-state index contributed by atoms with van der Waals surface area (Å²) < 4.78 is 0. The summed E-state index contributed by atoms with van der Waals surface area (Å²) in [5, 5.41) is 9.66. The Bertz CT molecular complexity index is 271. The Morgan fingerprint density at radius 3 is 2.57 bits per heavy atom. The zero-order valence-corrected chi connectivity index (χ0v) is 9.65. The van der Waals surface area contributed by atoms with Crippen LogP contribution in [0, 0.1) is 0 Å². The Morgan fingerprint density at radius 2 is 2.00 bits per heavy atom. The summed E-state index contributed by atoms with van der Waals surface area (Å²) in [6, 6.07) is 10.2. The average molecular weight is 255 g/mol. The fraction of sp³-hybridized carbons (Fsp3) is 0.333. The fourth-order valence-electron chi connectivity index (χ4n) is 1.28. The van der Waals surface area contributed by atoms with Gasteiger partial charge in [-0.3, -0.25) is 0 Å². The molecule has 0 saturated heterocycles. The molecular formula is C12H15BrO. The van der Waals surface area contributed by atoms with Gasteiger partial charge in [0.05, 0.1) is 10.9 Å². The molecular weight excluding hydrogens is 240 g/mol. The largest absolute Gasteiger partial charge is 0.392 e. The van der Waals surface area contributed by atoms with E-state index in [0.717, 1.165) is 12.8 Å². The monoisotopic (exact) mass is 254 g/mol. The molecule has 1 N–H and O–H groups in total. The third-order valence-corrected chi connectivity index (χ3v) is 3.15. The first-order chi connectivity index (χ1) is 6.74. The van der Waals surface area contributed by atoms with Crippen molar-refractivity contribution in [3.05, 3.63) is 48.6 Å². The quantitative estimate of drug-likeness (QED) is 0.633. The zero-order chi connectivity index (χ0) is 10.4. The number of hydrogen-bond acceptors (Lipinski definition) is 1. The van der Waals surface area contributed by atoms with Gasteiger partial charge in [-0.05, 0) is 18.4 Å². The normalized spacial score (nSPS) is 14.7. The van der Waals surface area contributed by atoms with E-state index in [4.69, 9.17) is 0 Å². The predicted molar refractivity (Wildman–Crippen MR) is 63.7 cm³/mol. The number of aryl methyl sites for hydroxylation is 1. The van der Waals surface area contributed by atoms with Crippen molar-refractivity contribution in [1.29, 1.82) is 0 Å². The van der Waals surface area contributed by atoms with Crippen molar-refractivity contribution < 1.29 is 5.11 Å². The first-order valence-corrected chi connectivity index (χ1v) is 5.64. The average Bonchev–Trinajstić information content (AvgIpc) is 2.26. The number of aliphatic hydroxyl groups excluding tert-OH is 1. The third-order valence-electron chi connectivity index (χ3n) is 2.16. The minimum Gasteiger partial charge on any atom is -0.392 e. The lowest BCUT2D eigenvalue weighted by Crippen LogP contribution is -2.18. The molecule has 0 bridgehead atoms. The predicted octanol–water partition coefficient (Wildman–Crippen LogP) is 2.93. The van der Waals surface area contributed by atoms with Gasteiger partial charge in [-0.25, -0.2) is 0 Å². The first kappa shape index (κ1) is 11.5. The van der Waals surface area contributed by atoms with Crippen molar-refractivity contribution in [2.75, 3.05) is 0 Å². The van der Waals surface area contributed by atoms with Gasteiger partial charge in [0.25, 0.3) is 0 Å². The molecule has 0 aliphatic heterocycles. The lowest BCUT2D eigenvalue weighted by molar-refractivity contribution is 0.175. The van der Waals surface area contributed by atoms with Crippen LogP contribution >= 0.6 is 15.9 Å². The van der Waals surface area contributed by atoms with Gasteiger partial charge < -0.3 is 5.11 Å². The van der Waals surface area contributed by atoms with E-state index >= 15 is 0 Å². The Hall–Kier alpha value is -0.600. The topological polar surface area (TPSA) is 20.2 Å². The van der Waals surface area contributed by atoms with Crippen LogP contribution in [0.15, 0.2) is 43.0 Å². The van der Waals surface area contributed by atoms with Crippen LogP contribution in [0.2, 0.25) is 0 Å². The lowest BCUT2D eigenvalue weighted by atomic mass is 10.1. The van der Waals surface area contributed by atoms with Gasteiger partial charge in [0.2, 0.25) is 0 Å². The second kappa shape index (κ2) is 5.99. The smallest absolute Gasteiger partial charge is 0.0703 e. The van der Waals surface area contributed by atoms with Crippen LogP contribution in [-0.2, 0) is 6.42 Å². The van der Waals surface area contributed by atoms with Crippen molar-refractivity contribution >= 4 is 15.9 Å². The van der Waals surface area contributed by atoms with Gasteiger partial charge in [-0.1, -0.05) is 52.3 Å². The molecule has 0 amide bonds. The maximum Gasteiger partial charge on any atom is 0.0703 e. The van der Waals surface area contributed by atoms with E-state index in [1.54, 1.807) is 6.08 Å². The molecule has 0 radical (unpaired) electrons. The molecule has 2 atom stereocenters. The van der Waals surface area contributed by atoms with Crippen LogP contribution in [-0.4, -0.2) is 16.0 Å². The van der Waals surface area contributed by atoms with Crippen LogP contribution in [0.1, 0.15) is 12.0 Å². The SMILES string of the molecule is C=C[C@H](Br)[C@@H](O)CCc1ccccc1. The molecule has 0 heterocycles. The summed E-state index contributed by atoms with van der Waals surface area (Å²) in [6.07, 6.45) is 3.02. The summed E-state index contributed by atoms with van der Waals surface area (Å²) in [7, 11) is 0. The minimum atomic E-state index is -0.354. The van der Waals surface area contributed by atoms with Gasteiger partial charge in [-0.2, -0.15) is 0 Å². The molecule has 76 valence electrons. The number of hydrogen-bond donors (Lipinski definition) is 1. The van der Waals surface area contributed by atoms with E-state index in [-0.39, 0.29) is 10.9 Å². The molecule has 1 nitrogen and oxygen atoms in total. The van der Waals surface area contributed by atoms with Crippen LogP contribution in [0.3, 0.4) is 0 Å². The summed E-state index contributed by atoms with van der Waals surface area (Å²) in [5.74, 6) is 0. The third kappa shape index (κ3) is 3.64. The zero-order valence-electron chi connectivity index (χ0n) is 8.07. The Kier molecular flexibility index (Phi) is 4.91. The molecule has 1 aromatic rings. The van der Waals surface area contributed by atoms with Gasteiger partial charge in [0.1, 0.15) is 0 Å². The Labute approximate surface area is 93.6 Å². The Morgan fingerprint density at radius 1 is 1.36 bits per heavy atom. The molecule has 0 aliphatic rings. The molecule has 0 spiro atoms. The minimum absolute atomic E-state index is 0.00814. The summed E-state index contributed by atoms with van der Waals surface area (Å²) in [6.45, 7) is 3.63. The molecule has 1 rings (SSSR count). The molecule has 2 heteroatoms. The highest BCUT2D eigenvalue weighted by Crippen LogP contribution is 2.13. The van der Waals surface area contributed by atoms with Crippen LogP contribution in [0.4, 0.5) is 0 Å². The number of aliphatic hydroxyl groups is 1. The van der Waals surface area contributed by atoms with E-state index < -0.39 is 0 Å². The summed E-state index contributed by atoms with van der Waals surface area (Å²) in [5.41, 5.74) is 1.26. The fourth-order valence-corrected chi connectivity index (χ4v) is 1.54. The summed E-state index contributed by atoms with van der Waals surface area (Å²) in [4.78, 5) is -0.00814. The molecule has 0 unspecified atom stereocenters. The molecule has 0 aliphatic carbocycles. The van der Waals surface area contributed by atoms with Crippen LogP contribution < -0.4 is 0 Å². The number of halogens is 1. The summed E-state index contributed by atoms with van der Waals surface area (Å²) >= 11 is 3.35. The lowest BCUT2D eigenvalue weighted by Gasteiger charge is -2.13. The van der Waals surface area contributed by atoms with E-state index in [2.05, 4.69) is 34.6 Å². The molecule has 0 saturated carbocycles.